The summed E-state index contributed by atoms with van der Waals surface area (Å²) in [6.45, 7) is 0. The molecule has 1 saturated carbocycles. The molecule has 29 heavy (non-hydrogen) atoms. The van der Waals surface area contributed by atoms with Gasteiger partial charge in [-0.1, -0.05) is 77.8 Å². The average Bonchev–Trinajstić information content (AvgIpc) is 3.27. The Morgan fingerprint density at radius 2 is 1.52 bits per heavy atom. The van der Waals surface area contributed by atoms with Crippen molar-refractivity contribution >= 4 is 23.2 Å². The third-order valence-electron chi connectivity index (χ3n) is 6.07. The molecule has 1 heterocycles. The van der Waals surface area contributed by atoms with Crippen molar-refractivity contribution in [2.24, 2.45) is 5.92 Å². The monoisotopic (exact) mass is 426 g/mol. The van der Waals surface area contributed by atoms with Crippen LogP contribution < -0.4 is 14.2 Å². The van der Waals surface area contributed by atoms with E-state index in [4.69, 9.17) is 37.4 Å². The van der Waals surface area contributed by atoms with E-state index in [1.54, 1.807) is 14.2 Å². The molecule has 5 heteroatoms. The number of fused-ring (bicyclic) bond motifs is 2. The van der Waals surface area contributed by atoms with Crippen molar-refractivity contribution in [1.29, 1.82) is 0 Å². The van der Waals surface area contributed by atoms with Crippen LogP contribution in [0.3, 0.4) is 0 Å². The fourth-order valence-electron chi connectivity index (χ4n) is 4.70. The van der Waals surface area contributed by atoms with Gasteiger partial charge in [-0.3, -0.25) is 0 Å². The minimum Gasteiger partial charge on any atom is -0.493 e. The molecule has 0 spiro atoms. The molecule has 0 saturated heterocycles. The summed E-state index contributed by atoms with van der Waals surface area (Å²) in [6, 6.07) is 24.1. The Balaban J connectivity index is 1.71. The summed E-state index contributed by atoms with van der Waals surface area (Å²) < 4.78 is 16.4. The Morgan fingerprint density at radius 1 is 0.828 bits per heavy atom. The van der Waals surface area contributed by atoms with Crippen LogP contribution >= 0.6 is 23.2 Å². The number of rotatable bonds is 4. The maximum atomic E-state index is 6.98. The van der Waals surface area contributed by atoms with E-state index >= 15 is 0 Å². The molecule has 1 fully saturated rings. The number of methoxy groups -OCH3 is 2. The summed E-state index contributed by atoms with van der Waals surface area (Å²) in [5.74, 6) is 1.94. The highest BCUT2D eigenvalue weighted by Crippen LogP contribution is 2.77. The fourth-order valence-corrected chi connectivity index (χ4v) is 5.68. The van der Waals surface area contributed by atoms with Crippen molar-refractivity contribution < 1.29 is 14.2 Å². The predicted molar refractivity (Wildman–Crippen MR) is 115 cm³/mol. The third-order valence-corrected chi connectivity index (χ3v) is 7.10. The molecular weight excluding hydrogens is 407 g/mol. The molecule has 0 unspecified atom stereocenters. The van der Waals surface area contributed by atoms with Crippen molar-refractivity contribution in [3.63, 3.8) is 0 Å². The highest BCUT2D eigenvalue weighted by Gasteiger charge is 2.83. The van der Waals surface area contributed by atoms with E-state index in [0.717, 1.165) is 16.9 Å². The predicted octanol–water partition coefficient (Wildman–Crippen LogP) is 5.93. The van der Waals surface area contributed by atoms with E-state index in [0.29, 0.717) is 11.5 Å². The molecule has 0 radical (unpaired) electrons. The van der Waals surface area contributed by atoms with E-state index in [2.05, 4.69) is 18.2 Å². The number of benzene rings is 3. The molecule has 2 aliphatic rings. The molecule has 0 aromatic heterocycles. The number of hydrogen-bond acceptors (Lipinski definition) is 3. The number of para-hydroxylation sites is 1. The average molecular weight is 427 g/mol. The number of alkyl halides is 2. The van der Waals surface area contributed by atoms with Gasteiger partial charge in [0.1, 0.15) is 5.75 Å². The van der Waals surface area contributed by atoms with Gasteiger partial charge in [-0.15, -0.1) is 0 Å². The molecule has 5 rings (SSSR count). The molecular formula is C24H20Cl2O3. The lowest BCUT2D eigenvalue weighted by Gasteiger charge is -2.32. The van der Waals surface area contributed by atoms with Crippen molar-refractivity contribution in [2.75, 3.05) is 14.2 Å². The number of hydrogen-bond donors (Lipinski definition) is 0. The van der Waals surface area contributed by atoms with Gasteiger partial charge in [-0.2, -0.15) is 0 Å². The second-order valence-electron chi connectivity index (χ2n) is 7.43. The molecule has 0 amide bonds. The van der Waals surface area contributed by atoms with E-state index in [1.165, 1.54) is 5.56 Å². The zero-order valence-corrected chi connectivity index (χ0v) is 17.6. The minimum atomic E-state index is -1.09. The molecule has 3 atom stereocenters. The molecule has 3 nitrogen and oxygen atoms in total. The van der Waals surface area contributed by atoms with Crippen LogP contribution in [0.25, 0.3) is 0 Å². The molecule has 3 aromatic rings. The summed E-state index contributed by atoms with van der Waals surface area (Å²) in [5.41, 5.74) is 2.27. The Bertz CT molecular complexity index is 1070. The summed E-state index contributed by atoms with van der Waals surface area (Å²) in [4.78, 5) is 0. The van der Waals surface area contributed by atoms with Crippen LogP contribution in [0.5, 0.6) is 17.2 Å². The van der Waals surface area contributed by atoms with Crippen LogP contribution in [0.2, 0.25) is 0 Å². The summed E-state index contributed by atoms with van der Waals surface area (Å²) in [5, 5.41) is 0. The normalized spacial score (nSPS) is 25.9. The lowest BCUT2D eigenvalue weighted by atomic mass is 9.82. The van der Waals surface area contributed by atoms with Gasteiger partial charge in [0.05, 0.1) is 20.1 Å². The fraction of sp³-hybridized carbons (Fsp3) is 0.250. The Morgan fingerprint density at radius 3 is 2.24 bits per heavy atom. The largest absolute Gasteiger partial charge is 0.493 e. The molecule has 3 aromatic carbocycles. The van der Waals surface area contributed by atoms with E-state index < -0.39 is 9.93 Å². The van der Waals surface area contributed by atoms with Gasteiger partial charge in [-0.25, -0.2) is 0 Å². The summed E-state index contributed by atoms with van der Waals surface area (Å²) in [7, 11) is 3.23. The maximum absolute atomic E-state index is 6.98. The Kier molecular flexibility index (Phi) is 4.23. The van der Waals surface area contributed by atoms with Crippen molar-refractivity contribution in [2.45, 2.75) is 15.9 Å². The van der Waals surface area contributed by atoms with E-state index in [9.17, 15) is 0 Å². The van der Waals surface area contributed by atoms with Crippen LogP contribution in [0, 0.1) is 5.92 Å². The highest BCUT2D eigenvalue weighted by molar-refractivity contribution is 6.52. The zero-order valence-electron chi connectivity index (χ0n) is 16.1. The van der Waals surface area contributed by atoms with Crippen LogP contribution in [0.1, 0.15) is 22.6 Å². The first-order valence-electron chi connectivity index (χ1n) is 9.48. The van der Waals surface area contributed by atoms with Crippen molar-refractivity contribution in [1.82, 2.24) is 0 Å². The van der Waals surface area contributed by atoms with Crippen LogP contribution in [-0.4, -0.2) is 18.6 Å². The van der Waals surface area contributed by atoms with E-state index in [-0.39, 0.29) is 11.8 Å². The second-order valence-corrected chi connectivity index (χ2v) is 8.82. The quantitative estimate of drug-likeness (QED) is 0.484. The molecule has 0 bridgehead atoms. The van der Waals surface area contributed by atoms with Gasteiger partial charge in [0.25, 0.3) is 0 Å². The van der Waals surface area contributed by atoms with Crippen LogP contribution in [0.15, 0.2) is 72.8 Å². The lowest BCUT2D eigenvalue weighted by Crippen LogP contribution is -2.28. The first-order chi connectivity index (χ1) is 14.0. The lowest BCUT2D eigenvalue weighted by molar-refractivity contribution is 0.137. The molecule has 1 aliphatic heterocycles. The highest BCUT2D eigenvalue weighted by atomic mass is 35.5. The van der Waals surface area contributed by atoms with E-state index in [1.807, 2.05) is 54.6 Å². The second kappa shape index (κ2) is 6.58. The summed E-state index contributed by atoms with van der Waals surface area (Å²) in [6.07, 6.45) is 0. The van der Waals surface area contributed by atoms with Gasteiger partial charge in [0, 0.05) is 17.0 Å². The zero-order chi connectivity index (χ0) is 20.2. The first-order valence-corrected chi connectivity index (χ1v) is 10.2. The smallest absolute Gasteiger partial charge is 0.174 e. The van der Waals surface area contributed by atoms with Gasteiger partial charge in [0.15, 0.2) is 21.4 Å². The Hall–Kier alpha value is -2.36. The minimum absolute atomic E-state index is 0.0178. The molecule has 1 aliphatic carbocycles. The van der Waals surface area contributed by atoms with Gasteiger partial charge >= 0.3 is 0 Å². The van der Waals surface area contributed by atoms with Gasteiger partial charge in [-0.05, 0) is 23.8 Å². The third kappa shape index (κ3) is 2.50. The summed E-state index contributed by atoms with van der Waals surface area (Å²) >= 11 is 14.0. The SMILES string of the molecule is COc1ccc([C@@]23Oc4ccccc4[C@@H](c4ccccc4)[C@H]2C3(Cl)Cl)cc1OC. The topological polar surface area (TPSA) is 27.7 Å². The number of halogens is 2. The first kappa shape index (κ1) is 18.7. The van der Waals surface area contributed by atoms with Gasteiger partial charge < -0.3 is 14.2 Å². The maximum Gasteiger partial charge on any atom is 0.174 e. The molecule has 148 valence electrons. The standard InChI is InChI=1S/C24H20Cl2O3/c1-27-19-13-12-16(14-20(19)28-2)23-22(24(23,25)26)21(15-8-4-3-5-9-15)17-10-6-7-11-18(17)29-23/h3-14,21-22H,1-2H3/t21-,22-,23-/m1/s1. The van der Waals surface area contributed by atoms with Crippen molar-refractivity contribution in [3.8, 4) is 17.2 Å². The Labute approximate surface area is 180 Å². The van der Waals surface area contributed by atoms with Gasteiger partial charge in [0.2, 0.25) is 0 Å². The number of ether oxygens (including phenoxy) is 3. The van der Waals surface area contributed by atoms with Crippen LogP contribution in [0.4, 0.5) is 0 Å². The van der Waals surface area contributed by atoms with Crippen LogP contribution in [-0.2, 0) is 5.60 Å². The van der Waals surface area contributed by atoms with Crippen molar-refractivity contribution in [3.05, 3.63) is 89.5 Å². The molecule has 0 N–H and O–H groups in total.